The standard InChI is InChI=1S/C7H15N2/c1-8-4-3-5-9(2)7-6-8/h1,3-7H2,2H3/q+1. The van der Waals surface area contributed by atoms with Crippen LogP contribution in [0.4, 0.5) is 0 Å². The first kappa shape index (κ1) is 6.75. The van der Waals surface area contributed by atoms with E-state index in [0.29, 0.717) is 0 Å². The summed E-state index contributed by atoms with van der Waals surface area (Å²) < 4.78 is 2.14. The Bertz CT molecular complexity index is 109. The van der Waals surface area contributed by atoms with Gasteiger partial charge in [-0.2, -0.15) is 0 Å². The summed E-state index contributed by atoms with van der Waals surface area (Å²) in [5, 5.41) is 0. The van der Waals surface area contributed by atoms with E-state index in [9.17, 15) is 0 Å². The fraction of sp³-hybridized carbons (Fsp3) is 0.857. The van der Waals surface area contributed by atoms with E-state index in [0.717, 1.165) is 13.1 Å². The normalized spacial score (nSPS) is 23.9. The molecule has 1 saturated heterocycles. The lowest BCUT2D eigenvalue weighted by Crippen LogP contribution is -2.22. The Balaban J connectivity index is 2.34. The second kappa shape index (κ2) is 2.97. The summed E-state index contributed by atoms with van der Waals surface area (Å²) >= 11 is 0. The highest BCUT2D eigenvalue weighted by atomic mass is 15.1. The van der Waals surface area contributed by atoms with Crippen LogP contribution in [0, 0.1) is 0 Å². The first-order valence-corrected chi connectivity index (χ1v) is 3.53. The molecular weight excluding hydrogens is 112 g/mol. The highest BCUT2D eigenvalue weighted by Gasteiger charge is 2.09. The van der Waals surface area contributed by atoms with Crippen molar-refractivity contribution in [3.05, 3.63) is 0 Å². The van der Waals surface area contributed by atoms with Crippen molar-refractivity contribution in [2.24, 2.45) is 0 Å². The van der Waals surface area contributed by atoms with Gasteiger partial charge in [-0.1, -0.05) is 0 Å². The van der Waals surface area contributed by atoms with Crippen LogP contribution in [-0.4, -0.2) is 49.4 Å². The summed E-state index contributed by atoms with van der Waals surface area (Å²) in [6, 6.07) is 0. The summed E-state index contributed by atoms with van der Waals surface area (Å²) in [7, 11) is 2.17. The van der Waals surface area contributed by atoms with Crippen LogP contribution >= 0.6 is 0 Å². The molecule has 0 N–H and O–H groups in total. The summed E-state index contributed by atoms with van der Waals surface area (Å²) in [5.74, 6) is 0. The van der Waals surface area contributed by atoms with Crippen molar-refractivity contribution in [3.8, 4) is 0 Å². The van der Waals surface area contributed by atoms with Gasteiger partial charge in [-0.05, 0) is 7.05 Å². The molecule has 9 heavy (non-hydrogen) atoms. The van der Waals surface area contributed by atoms with E-state index >= 15 is 0 Å². The Morgan fingerprint density at radius 1 is 1.33 bits per heavy atom. The maximum absolute atomic E-state index is 3.90. The van der Waals surface area contributed by atoms with Gasteiger partial charge in [0.1, 0.15) is 13.3 Å². The van der Waals surface area contributed by atoms with Crippen LogP contribution < -0.4 is 0 Å². The lowest BCUT2D eigenvalue weighted by atomic mass is 10.4. The van der Waals surface area contributed by atoms with Crippen LogP contribution in [0.2, 0.25) is 0 Å². The van der Waals surface area contributed by atoms with E-state index in [1.807, 2.05) is 0 Å². The first-order chi connectivity index (χ1) is 4.29. The third-order valence-electron chi connectivity index (χ3n) is 1.81. The summed E-state index contributed by atoms with van der Waals surface area (Å²) in [6.07, 6.45) is 1.26. The van der Waals surface area contributed by atoms with Gasteiger partial charge >= 0.3 is 0 Å². The number of hydrogen-bond acceptors (Lipinski definition) is 1. The average Bonchev–Trinajstić information content (AvgIpc) is 1.97. The molecule has 2 nitrogen and oxygen atoms in total. The molecule has 0 aromatic heterocycles. The molecule has 1 aliphatic rings. The van der Waals surface area contributed by atoms with Crippen molar-refractivity contribution in [1.82, 2.24) is 4.90 Å². The maximum Gasteiger partial charge on any atom is 0.154 e. The van der Waals surface area contributed by atoms with E-state index in [1.165, 1.54) is 19.5 Å². The molecule has 0 saturated carbocycles. The van der Waals surface area contributed by atoms with Crippen molar-refractivity contribution in [1.29, 1.82) is 0 Å². The zero-order chi connectivity index (χ0) is 6.69. The van der Waals surface area contributed by atoms with E-state index in [1.54, 1.807) is 0 Å². The highest BCUT2D eigenvalue weighted by Crippen LogP contribution is 1.93. The van der Waals surface area contributed by atoms with Gasteiger partial charge < -0.3 is 4.90 Å². The Morgan fingerprint density at radius 2 is 2.11 bits per heavy atom. The summed E-state index contributed by atoms with van der Waals surface area (Å²) in [4.78, 5) is 2.35. The van der Waals surface area contributed by atoms with Gasteiger partial charge in [0.05, 0.1) is 6.54 Å². The van der Waals surface area contributed by atoms with Crippen LogP contribution in [0.15, 0.2) is 0 Å². The second-order valence-corrected chi connectivity index (χ2v) is 2.77. The minimum absolute atomic E-state index is 1.12. The predicted molar refractivity (Wildman–Crippen MR) is 39.2 cm³/mol. The van der Waals surface area contributed by atoms with Crippen LogP contribution in [0.3, 0.4) is 0 Å². The Hall–Kier alpha value is -0.370. The van der Waals surface area contributed by atoms with Gasteiger partial charge in [-0.15, -0.1) is 0 Å². The lowest BCUT2D eigenvalue weighted by molar-refractivity contribution is -0.515. The second-order valence-electron chi connectivity index (χ2n) is 2.77. The van der Waals surface area contributed by atoms with Crippen molar-refractivity contribution in [2.75, 3.05) is 33.2 Å². The van der Waals surface area contributed by atoms with Crippen molar-refractivity contribution >= 4 is 6.72 Å². The molecule has 0 bridgehead atoms. The maximum atomic E-state index is 3.90. The van der Waals surface area contributed by atoms with Gasteiger partial charge in [0, 0.05) is 13.0 Å². The molecule has 0 unspecified atom stereocenters. The molecule has 1 heterocycles. The molecule has 0 radical (unpaired) electrons. The summed E-state index contributed by atoms with van der Waals surface area (Å²) in [6.45, 7) is 8.58. The number of nitrogens with zero attached hydrogens (tertiary/aromatic N) is 2. The number of rotatable bonds is 0. The van der Waals surface area contributed by atoms with Crippen LogP contribution in [0.5, 0.6) is 0 Å². The fourth-order valence-electron chi connectivity index (χ4n) is 1.10. The largest absolute Gasteiger partial charge is 0.300 e. The SMILES string of the molecule is C=[N+]1CCCN(C)CC1. The third kappa shape index (κ3) is 2.14. The first-order valence-electron chi connectivity index (χ1n) is 3.53. The van der Waals surface area contributed by atoms with Crippen LogP contribution in [-0.2, 0) is 0 Å². The summed E-state index contributed by atoms with van der Waals surface area (Å²) in [5.41, 5.74) is 0. The molecule has 1 aliphatic heterocycles. The molecule has 2 heteroatoms. The molecule has 1 rings (SSSR count). The van der Waals surface area contributed by atoms with Gasteiger partial charge in [-0.25, -0.2) is 4.58 Å². The predicted octanol–water partition coefficient (Wildman–Crippen LogP) is 0.0350. The highest BCUT2D eigenvalue weighted by molar-refractivity contribution is 5.14. The van der Waals surface area contributed by atoms with Gasteiger partial charge in [0.2, 0.25) is 0 Å². The molecule has 0 amide bonds. The zero-order valence-electron chi connectivity index (χ0n) is 6.14. The Labute approximate surface area is 56.8 Å². The zero-order valence-corrected chi connectivity index (χ0v) is 6.14. The topological polar surface area (TPSA) is 6.25 Å². The van der Waals surface area contributed by atoms with Crippen molar-refractivity contribution in [2.45, 2.75) is 6.42 Å². The molecule has 1 fully saturated rings. The van der Waals surface area contributed by atoms with Crippen LogP contribution in [0.1, 0.15) is 6.42 Å². The van der Waals surface area contributed by atoms with E-state index < -0.39 is 0 Å². The number of hydrogen-bond donors (Lipinski definition) is 0. The molecule has 52 valence electrons. The number of likely N-dealkylation sites (N-methyl/N-ethyl adjacent to an activating group) is 1. The molecule has 0 aliphatic carbocycles. The van der Waals surface area contributed by atoms with E-state index in [-0.39, 0.29) is 0 Å². The van der Waals surface area contributed by atoms with E-state index in [4.69, 9.17) is 0 Å². The monoisotopic (exact) mass is 127 g/mol. The van der Waals surface area contributed by atoms with Crippen LogP contribution in [0.25, 0.3) is 0 Å². The van der Waals surface area contributed by atoms with E-state index in [2.05, 4.69) is 23.2 Å². The molecule has 0 aromatic carbocycles. The molecule has 0 aromatic rings. The van der Waals surface area contributed by atoms with Gasteiger partial charge in [0.15, 0.2) is 6.54 Å². The molecule has 0 atom stereocenters. The third-order valence-corrected chi connectivity index (χ3v) is 1.81. The quantitative estimate of drug-likeness (QED) is 0.416. The Morgan fingerprint density at radius 3 is 2.89 bits per heavy atom. The fourth-order valence-corrected chi connectivity index (χ4v) is 1.10. The Kier molecular flexibility index (Phi) is 2.22. The minimum Gasteiger partial charge on any atom is -0.300 e. The average molecular weight is 127 g/mol. The molecular formula is C7H15N2+. The smallest absolute Gasteiger partial charge is 0.154 e. The molecule has 0 spiro atoms. The minimum atomic E-state index is 1.12. The van der Waals surface area contributed by atoms with Gasteiger partial charge in [-0.3, -0.25) is 0 Å². The van der Waals surface area contributed by atoms with Crippen molar-refractivity contribution in [3.63, 3.8) is 0 Å². The van der Waals surface area contributed by atoms with Crippen molar-refractivity contribution < 1.29 is 4.58 Å². The lowest BCUT2D eigenvalue weighted by Gasteiger charge is -2.07. The van der Waals surface area contributed by atoms with Gasteiger partial charge in [0.25, 0.3) is 0 Å².